The molecule has 35 atom stereocenters. The zero-order chi connectivity index (χ0) is 80.9. The van der Waals surface area contributed by atoms with Gasteiger partial charge in [-0.3, -0.25) is 9.59 Å². The minimum absolute atomic E-state index is 0.0321. The van der Waals surface area contributed by atoms with Gasteiger partial charge in [0.1, 0.15) is 134 Å². The van der Waals surface area contributed by atoms with E-state index in [1.165, 1.54) is 0 Å². The van der Waals surface area contributed by atoms with Gasteiger partial charge in [0.25, 0.3) is 5.91 Å². The highest BCUT2D eigenvalue weighted by Crippen LogP contribution is 2.38. The highest BCUT2D eigenvalue weighted by molar-refractivity contribution is 5.81. The number of aliphatic hydroxyl groups excluding tert-OH is 12. The summed E-state index contributed by atoms with van der Waals surface area (Å²) >= 11 is 0. The number of amides is 2. The molecule has 0 aromatic carbocycles. The molecule has 0 aromatic heterocycles. The normalized spacial score (nSPS) is 42.7. The van der Waals surface area contributed by atoms with E-state index in [9.17, 15) is 85.5 Å². The summed E-state index contributed by atoms with van der Waals surface area (Å²) in [6, 6.07) is -8.30. The van der Waals surface area contributed by atoms with Gasteiger partial charge in [0.15, 0.2) is 31.3 Å². The van der Waals surface area contributed by atoms with Gasteiger partial charge < -0.3 is 218 Å². The van der Waals surface area contributed by atoms with Crippen molar-refractivity contribution in [3.8, 4) is 0 Å². The molecule has 0 radical (unpaired) electrons. The number of halogens is 1. The number of rotatable bonds is 32. The van der Waals surface area contributed by atoms with Crippen LogP contribution in [0.25, 0.3) is 0 Å². The Hall–Kier alpha value is -3.57. The van der Waals surface area contributed by atoms with Gasteiger partial charge >= 0.3 is 0 Å². The lowest BCUT2D eigenvalue weighted by molar-refractivity contribution is -0.282. The standard InChI is InChI=1S/C33H61FN8O14.C33H62N8O14/c34-14(8-35)21(44)29(49)42-17-7-16(38)26(54-30-15(37)2-1-13(51-30)10-41-12-33(50)3-5-40-6-4-33)28(22(17)45)56-32-25(48)27(19(11-43)53-32)55-31-20(39)24(47)23(46)18(9-36)52-31;34-6-3-18(43)29(48)41-17-9-16(37)26(53-30-15(36)2-1-14(50-30)11-40-13-33(49)4-7-39-8-5-33)28(22(17)44)55-32-25(47)27(20(12-42)52-32)54-31-21(38)24(46)23(45)19(10-35)51-31/h1,14-28,30-32,40-41,43-48,50H,2-12,35-39H2,(H,42,49);1,15-28,30-32,39-40,42-47,49H,2-13,34-38H2,(H,41,48)/t14-,15+,16-,17+,18-,19+,20+,21?,22-,23+,24+,25+,26+,27+,28+,30+,31+,32-;15-,16+,17-,18?,19+,20-,21-,22+,23-,24-,25-,26-,27-,28-,30-,31-,32+/m01/s1. The number of aliphatic hydroxyl groups is 14. The number of ether oxygens (including phenoxy) is 12. The Kier molecular flexibility index (Phi) is 34.3. The van der Waals surface area contributed by atoms with Gasteiger partial charge in [-0.2, -0.15) is 0 Å². The Morgan fingerprint density at radius 1 is 0.495 bits per heavy atom. The summed E-state index contributed by atoms with van der Waals surface area (Å²) < 4.78 is 86.0. The van der Waals surface area contributed by atoms with Crippen molar-refractivity contribution < 1.29 is 142 Å². The molecular weight excluding hydrogens is 1480 g/mol. The van der Waals surface area contributed by atoms with Crippen molar-refractivity contribution in [2.45, 2.75) is 283 Å². The van der Waals surface area contributed by atoms with Crippen molar-refractivity contribution in [2.24, 2.45) is 57.3 Å². The molecule has 642 valence electrons. The molecule has 10 aliphatic rings. The Bertz CT molecular complexity index is 2920. The average Bonchev–Trinajstić information content (AvgIpc) is 1.74. The second-order valence-corrected chi connectivity index (χ2v) is 30.3. The van der Waals surface area contributed by atoms with Crippen LogP contribution in [-0.4, -0.2) is 401 Å². The number of hydrogen-bond acceptors (Lipinski definition) is 42. The van der Waals surface area contributed by atoms with Gasteiger partial charge in [-0.05, 0) is 103 Å². The smallest absolute Gasteiger partial charge is 0.252 e. The van der Waals surface area contributed by atoms with Crippen molar-refractivity contribution in [2.75, 3.05) is 91.8 Å². The van der Waals surface area contributed by atoms with Crippen LogP contribution < -0.4 is 89.2 Å². The SMILES string of the molecule is NCCC(O)C(=O)N[C@@H]1C[C@H](N)[C@@H](O[C@H]2OC(CNCC3(O)CCNCC3)=CC[C@H]2N)[C@H](O[C@@H]2O[C@H](CO)[C@@H](O[C@H]3O[C@@H](CN)[C@@H](O)[C@H](O)[C@H]3N)[C@H]2O)[C@H]1O.NC[C@@H]1O[C@H](O[C@H]2[C@@H](O)[C@H](O[C@@H]3[C@@H](O)[C@H](NC(=O)C(O)[C@@H](F)CN)C[C@H](N)[C@H]3O[C@H]3OC(CNCC4(O)CCNCC4)=CC[C@H]3N)O[C@@H]2CO)[C@H](N)[C@@H](O)[C@@H]1O. The first-order chi connectivity index (χ1) is 52.8. The van der Waals surface area contributed by atoms with E-state index in [2.05, 4.69) is 31.9 Å². The first-order valence-corrected chi connectivity index (χ1v) is 38.0. The first kappa shape index (κ1) is 91.3. The van der Waals surface area contributed by atoms with E-state index >= 15 is 0 Å². The molecule has 6 saturated heterocycles. The minimum atomic E-state index is -2.16. The van der Waals surface area contributed by atoms with Crippen LogP contribution in [0.4, 0.5) is 4.39 Å². The number of piperidine rings is 2. The summed E-state index contributed by atoms with van der Waals surface area (Å²) in [5.74, 6) is -1.01. The Morgan fingerprint density at radius 3 is 1.23 bits per heavy atom. The number of alkyl halides is 1. The zero-order valence-electron chi connectivity index (χ0n) is 61.8. The number of carbonyl (C=O) groups excluding carboxylic acids is 2. The van der Waals surface area contributed by atoms with Gasteiger partial charge in [-0.1, -0.05) is 0 Å². The monoisotopic (exact) mass is 1610 g/mol. The maximum Gasteiger partial charge on any atom is 0.252 e. The number of nitrogens with two attached hydrogens (primary N) is 10. The maximum absolute atomic E-state index is 14.1. The summed E-state index contributed by atoms with van der Waals surface area (Å²) in [5.41, 5.74) is 58.5. The molecule has 45 heteroatoms. The zero-order valence-corrected chi connectivity index (χ0v) is 61.8. The summed E-state index contributed by atoms with van der Waals surface area (Å²) in [6.07, 6.45) is -33.0. The average molecular weight is 1610 g/mol. The van der Waals surface area contributed by atoms with Gasteiger partial charge in [0.05, 0.1) is 73.8 Å². The Balaban J connectivity index is 0.000000255. The molecule has 2 saturated carbocycles. The van der Waals surface area contributed by atoms with E-state index in [0.29, 0.717) is 89.3 Å². The largest absolute Gasteiger partial charge is 0.467 e. The van der Waals surface area contributed by atoms with Crippen molar-refractivity contribution in [1.29, 1.82) is 0 Å². The van der Waals surface area contributed by atoms with Crippen molar-refractivity contribution in [3.63, 3.8) is 0 Å². The number of hydrogen-bond donors (Lipinski definition) is 30. The van der Waals surface area contributed by atoms with Crippen molar-refractivity contribution in [1.82, 2.24) is 31.9 Å². The lowest BCUT2D eigenvalue weighted by Gasteiger charge is -2.46. The minimum Gasteiger partial charge on any atom is -0.467 e. The van der Waals surface area contributed by atoms with Crippen LogP contribution in [0.15, 0.2) is 23.7 Å². The highest BCUT2D eigenvalue weighted by Gasteiger charge is 2.57. The van der Waals surface area contributed by atoms with Crippen LogP contribution >= 0.6 is 0 Å². The predicted molar refractivity (Wildman–Crippen MR) is 380 cm³/mol. The van der Waals surface area contributed by atoms with E-state index in [-0.39, 0.29) is 52.0 Å². The molecule has 8 fully saturated rings. The Morgan fingerprint density at radius 2 is 0.865 bits per heavy atom. The van der Waals surface area contributed by atoms with Crippen LogP contribution in [0, 0.1) is 0 Å². The molecule has 44 nitrogen and oxygen atoms in total. The van der Waals surface area contributed by atoms with Gasteiger partial charge in [-0.25, -0.2) is 4.39 Å². The predicted octanol–water partition coefficient (Wildman–Crippen LogP) is -16.3. The number of nitrogens with one attached hydrogen (secondary N) is 6. The number of carbonyl (C=O) groups is 2. The third-order valence-corrected chi connectivity index (χ3v) is 22.0. The highest BCUT2D eigenvalue weighted by atomic mass is 19.1. The fraction of sp³-hybridized carbons (Fsp3) is 0.909. The molecule has 40 N–H and O–H groups in total. The molecule has 2 amide bonds. The molecule has 0 bridgehead atoms. The van der Waals surface area contributed by atoms with E-state index < -0.39 is 257 Å². The first-order valence-electron chi connectivity index (χ1n) is 38.0. The molecule has 0 spiro atoms. The van der Waals surface area contributed by atoms with E-state index in [4.69, 9.17) is 114 Å². The fourth-order valence-electron chi connectivity index (χ4n) is 15.1. The summed E-state index contributed by atoms with van der Waals surface area (Å²) in [6.45, 7) is 1.56. The summed E-state index contributed by atoms with van der Waals surface area (Å²) in [4.78, 5) is 25.5. The van der Waals surface area contributed by atoms with Crippen LogP contribution in [-0.2, 0) is 66.4 Å². The molecule has 0 aromatic rings. The maximum atomic E-state index is 14.1. The van der Waals surface area contributed by atoms with Crippen LogP contribution in [0.1, 0.15) is 57.8 Å². The third-order valence-electron chi connectivity index (χ3n) is 22.0. The van der Waals surface area contributed by atoms with E-state index in [0.717, 1.165) is 0 Å². The van der Waals surface area contributed by atoms with Gasteiger partial charge in [0.2, 0.25) is 18.5 Å². The summed E-state index contributed by atoms with van der Waals surface area (Å²) in [5, 5.41) is 168. The third kappa shape index (κ3) is 22.8. The quantitative estimate of drug-likeness (QED) is 0.0297. The molecular formula is C66H123FN16O28. The topological polar surface area (TPSA) is 760 Å². The Labute approximate surface area is 640 Å². The molecule has 2 aliphatic carbocycles. The van der Waals surface area contributed by atoms with Crippen molar-refractivity contribution >= 4 is 11.8 Å². The van der Waals surface area contributed by atoms with Crippen LogP contribution in [0.5, 0.6) is 0 Å². The van der Waals surface area contributed by atoms with Crippen LogP contribution in [0.3, 0.4) is 0 Å². The van der Waals surface area contributed by atoms with Crippen LogP contribution in [0.2, 0.25) is 0 Å². The molecule has 10 rings (SSSR count). The van der Waals surface area contributed by atoms with Crippen molar-refractivity contribution in [3.05, 3.63) is 23.7 Å². The second kappa shape index (κ2) is 41.7. The summed E-state index contributed by atoms with van der Waals surface area (Å²) in [7, 11) is 0. The molecule has 111 heavy (non-hydrogen) atoms. The lowest BCUT2D eigenvalue weighted by Crippen LogP contribution is -2.67. The van der Waals surface area contributed by atoms with E-state index in [1.54, 1.807) is 12.2 Å². The molecule has 8 aliphatic heterocycles. The van der Waals surface area contributed by atoms with Gasteiger partial charge in [-0.15, -0.1) is 0 Å². The lowest BCUT2D eigenvalue weighted by atomic mass is 9.83. The molecule has 8 heterocycles. The second-order valence-electron chi connectivity index (χ2n) is 30.3. The fourth-order valence-corrected chi connectivity index (χ4v) is 15.1. The van der Waals surface area contributed by atoms with Gasteiger partial charge in [0, 0.05) is 44.8 Å². The molecule has 2 unspecified atom stereocenters. The van der Waals surface area contributed by atoms with E-state index in [1.807, 2.05) is 0 Å².